The second-order valence-corrected chi connectivity index (χ2v) is 14.6. The molecular formula is C30H26N6O12S3. The molecule has 0 aliphatic heterocycles. The molecule has 5 rings (SSSR count). The van der Waals surface area contributed by atoms with Crippen LogP contribution in [0.3, 0.4) is 0 Å². The minimum absolute atomic E-state index is 0.0149. The van der Waals surface area contributed by atoms with Gasteiger partial charge in [0.2, 0.25) is 0 Å². The molecule has 0 saturated carbocycles. The van der Waals surface area contributed by atoms with Crippen molar-refractivity contribution >= 4 is 80.9 Å². The lowest BCUT2D eigenvalue weighted by Crippen LogP contribution is -2.04. The summed E-state index contributed by atoms with van der Waals surface area (Å²) in [6.45, 7) is 0. The molecule has 0 radical (unpaired) electrons. The summed E-state index contributed by atoms with van der Waals surface area (Å²) in [5, 5.41) is 30.3. The minimum atomic E-state index is -5.00. The SMILES string of the molecule is COc1cc(N=Nc2c(S(=O)(=O)O)cc3cc(Nc4ccc(N)c(S(=O)(=O)O)c4)ccc3c2O)c(OC)cc1N=Nc1ccc(S(=O)(=O)O)cc1. The molecule has 266 valence electrons. The van der Waals surface area contributed by atoms with Gasteiger partial charge >= 0.3 is 0 Å². The Morgan fingerprint density at radius 3 is 1.73 bits per heavy atom. The van der Waals surface area contributed by atoms with Crippen molar-refractivity contribution in [2.75, 3.05) is 25.3 Å². The maximum Gasteiger partial charge on any atom is 0.296 e. The van der Waals surface area contributed by atoms with E-state index in [0.717, 1.165) is 24.3 Å². The van der Waals surface area contributed by atoms with Crippen LogP contribution in [0.15, 0.2) is 114 Å². The van der Waals surface area contributed by atoms with Crippen LogP contribution in [0, 0.1) is 0 Å². The minimum Gasteiger partial charge on any atom is -0.505 e. The fourth-order valence-electron chi connectivity index (χ4n) is 4.65. The summed E-state index contributed by atoms with van der Waals surface area (Å²) in [6, 6.07) is 16.7. The van der Waals surface area contributed by atoms with Gasteiger partial charge in [-0.3, -0.25) is 13.7 Å². The molecule has 18 nitrogen and oxygen atoms in total. The smallest absolute Gasteiger partial charge is 0.296 e. The topological polar surface area (TPSA) is 289 Å². The zero-order chi connectivity index (χ0) is 37.3. The number of nitrogens with zero attached hydrogens (tertiary/aromatic N) is 4. The number of nitrogens with two attached hydrogens (primary N) is 1. The van der Waals surface area contributed by atoms with E-state index in [4.69, 9.17) is 19.8 Å². The molecule has 7 N–H and O–H groups in total. The van der Waals surface area contributed by atoms with E-state index in [0.29, 0.717) is 5.69 Å². The maximum absolute atomic E-state index is 12.5. The monoisotopic (exact) mass is 758 g/mol. The second-order valence-electron chi connectivity index (χ2n) is 10.4. The van der Waals surface area contributed by atoms with Gasteiger partial charge in [-0.15, -0.1) is 15.3 Å². The maximum atomic E-state index is 12.5. The number of hydrogen-bond acceptors (Lipinski definition) is 15. The van der Waals surface area contributed by atoms with Gasteiger partial charge in [-0.2, -0.15) is 30.4 Å². The number of phenols is 1. The number of azo groups is 2. The highest BCUT2D eigenvalue weighted by Crippen LogP contribution is 2.45. The Hall–Kier alpha value is -5.71. The zero-order valence-corrected chi connectivity index (χ0v) is 28.6. The van der Waals surface area contributed by atoms with Crippen molar-refractivity contribution in [3.05, 3.63) is 78.9 Å². The van der Waals surface area contributed by atoms with Gasteiger partial charge in [0.05, 0.1) is 30.5 Å². The van der Waals surface area contributed by atoms with Gasteiger partial charge in [0, 0.05) is 28.9 Å². The lowest BCUT2D eigenvalue weighted by atomic mass is 10.1. The Morgan fingerprint density at radius 1 is 0.627 bits per heavy atom. The number of hydrogen-bond donors (Lipinski definition) is 6. The quantitative estimate of drug-likeness (QED) is 0.0479. The first-order chi connectivity index (χ1) is 23.9. The molecule has 0 atom stereocenters. The number of aromatic hydroxyl groups is 1. The number of benzene rings is 5. The van der Waals surface area contributed by atoms with Crippen molar-refractivity contribution in [3.8, 4) is 17.2 Å². The molecule has 0 aliphatic carbocycles. The molecule has 0 spiro atoms. The molecule has 0 bridgehead atoms. The first-order valence-corrected chi connectivity index (χ1v) is 18.3. The van der Waals surface area contributed by atoms with Crippen molar-refractivity contribution in [2.24, 2.45) is 20.5 Å². The summed E-state index contributed by atoms with van der Waals surface area (Å²) < 4.78 is 110. The molecule has 0 heterocycles. The van der Waals surface area contributed by atoms with Crippen molar-refractivity contribution < 1.29 is 53.5 Å². The highest BCUT2D eigenvalue weighted by molar-refractivity contribution is 7.86. The molecule has 0 aromatic heterocycles. The van der Waals surface area contributed by atoms with Gasteiger partial charge in [0.15, 0.2) is 5.75 Å². The number of ether oxygens (including phenoxy) is 2. The Kier molecular flexibility index (Phi) is 9.96. The van der Waals surface area contributed by atoms with Crippen molar-refractivity contribution in [1.29, 1.82) is 0 Å². The van der Waals surface area contributed by atoms with Crippen LogP contribution in [0.4, 0.5) is 39.8 Å². The third-order valence-electron chi connectivity index (χ3n) is 7.05. The van der Waals surface area contributed by atoms with E-state index < -0.39 is 51.6 Å². The number of fused-ring (bicyclic) bond motifs is 1. The number of methoxy groups -OCH3 is 2. The van der Waals surface area contributed by atoms with Gasteiger partial charge in [-0.05, 0) is 72.1 Å². The summed E-state index contributed by atoms with van der Waals surface area (Å²) in [4.78, 5) is -1.67. The molecule has 5 aromatic rings. The van der Waals surface area contributed by atoms with Gasteiger partial charge < -0.3 is 25.6 Å². The summed E-state index contributed by atoms with van der Waals surface area (Å²) in [5.74, 6) is -0.502. The zero-order valence-electron chi connectivity index (χ0n) is 26.2. The predicted octanol–water partition coefficient (Wildman–Crippen LogP) is 6.46. The average Bonchev–Trinajstić information content (AvgIpc) is 3.06. The van der Waals surface area contributed by atoms with E-state index in [2.05, 4.69) is 25.8 Å². The van der Waals surface area contributed by atoms with E-state index in [1.165, 1.54) is 68.8 Å². The first-order valence-electron chi connectivity index (χ1n) is 14.0. The van der Waals surface area contributed by atoms with E-state index in [1.54, 1.807) is 0 Å². The number of phenolic OH excluding ortho intramolecular Hbond substituents is 1. The van der Waals surface area contributed by atoms with Crippen LogP contribution in [-0.2, 0) is 30.4 Å². The largest absolute Gasteiger partial charge is 0.505 e. The molecule has 5 aromatic carbocycles. The van der Waals surface area contributed by atoms with Crippen molar-refractivity contribution in [3.63, 3.8) is 0 Å². The Balaban J connectivity index is 1.51. The first kappa shape index (κ1) is 36.6. The number of anilines is 3. The molecule has 0 amide bonds. The molecule has 0 fully saturated rings. The third kappa shape index (κ3) is 8.20. The summed E-state index contributed by atoms with van der Waals surface area (Å²) in [5.41, 5.74) is 5.70. The molecule has 51 heavy (non-hydrogen) atoms. The number of nitrogen functional groups attached to an aromatic ring is 1. The van der Waals surface area contributed by atoms with Crippen LogP contribution in [0.25, 0.3) is 10.8 Å². The Bertz CT molecular complexity index is 2580. The molecule has 0 saturated heterocycles. The van der Waals surface area contributed by atoms with Gasteiger partial charge in [-0.1, -0.05) is 0 Å². The van der Waals surface area contributed by atoms with Gasteiger partial charge in [-0.25, -0.2) is 0 Å². The van der Waals surface area contributed by atoms with Crippen LogP contribution < -0.4 is 20.5 Å². The van der Waals surface area contributed by atoms with Crippen LogP contribution in [0.5, 0.6) is 17.2 Å². The normalized spacial score (nSPS) is 12.5. The average molecular weight is 759 g/mol. The van der Waals surface area contributed by atoms with Gasteiger partial charge in [0.25, 0.3) is 30.4 Å². The van der Waals surface area contributed by atoms with Crippen LogP contribution in [0.2, 0.25) is 0 Å². The number of rotatable bonds is 11. The number of nitrogens with one attached hydrogen (secondary N) is 1. The lowest BCUT2D eigenvalue weighted by molar-refractivity contribution is 0.405. The second kappa shape index (κ2) is 13.9. The van der Waals surface area contributed by atoms with Crippen molar-refractivity contribution in [2.45, 2.75) is 14.7 Å². The van der Waals surface area contributed by atoms with Crippen LogP contribution >= 0.6 is 0 Å². The molecule has 0 aliphatic rings. The molecule has 0 unspecified atom stereocenters. The molecule has 21 heteroatoms. The summed E-state index contributed by atoms with van der Waals surface area (Å²) >= 11 is 0. The third-order valence-corrected chi connectivity index (χ3v) is 9.70. The van der Waals surface area contributed by atoms with Crippen LogP contribution in [0.1, 0.15) is 0 Å². The van der Waals surface area contributed by atoms with Crippen LogP contribution in [-0.4, -0.2) is 58.2 Å². The van der Waals surface area contributed by atoms with E-state index in [9.17, 15) is 39.5 Å². The molecular weight excluding hydrogens is 733 g/mol. The summed E-state index contributed by atoms with van der Waals surface area (Å²) in [7, 11) is -11.4. The van der Waals surface area contributed by atoms with Crippen molar-refractivity contribution in [1.82, 2.24) is 0 Å². The lowest BCUT2D eigenvalue weighted by Gasteiger charge is -2.13. The standard InChI is InChI=1S/C30H26N6O12S3/c1-47-25-15-24(26(48-2)14-23(25)34-33-17-3-7-20(8-4-17)49(38,39)40)35-36-29-28(51(44,45)46)12-16-11-18(5-9-21(16)30(29)37)32-19-6-10-22(31)27(13-19)50(41,42)43/h3-15,32,37H,31H2,1-2H3,(H,38,39,40)(H,41,42,43)(H,44,45,46). The van der Waals surface area contributed by atoms with E-state index in [-0.39, 0.29) is 55.6 Å². The van der Waals surface area contributed by atoms with E-state index >= 15 is 0 Å². The predicted molar refractivity (Wildman–Crippen MR) is 184 cm³/mol. The fraction of sp³-hybridized carbons (Fsp3) is 0.0667. The Labute approximate surface area is 290 Å². The fourth-order valence-corrected chi connectivity index (χ4v) is 6.43. The Morgan fingerprint density at radius 2 is 1.18 bits per heavy atom. The van der Waals surface area contributed by atoms with E-state index in [1.807, 2.05) is 0 Å². The highest BCUT2D eigenvalue weighted by atomic mass is 32.2. The summed E-state index contributed by atoms with van der Waals surface area (Å²) in [6.07, 6.45) is 0. The van der Waals surface area contributed by atoms with Gasteiger partial charge in [0.1, 0.15) is 38.4 Å². The highest BCUT2D eigenvalue weighted by Gasteiger charge is 2.23.